The van der Waals surface area contributed by atoms with Gasteiger partial charge in [0.2, 0.25) is 0 Å². The van der Waals surface area contributed by atoms with E-state index >= 15 is 0 Å². The van der Waals surface area contributed by atoms with Crippen LogP contribution in [0.15, 0.2) is 23.1 Å². The van der Waals surface area contributed by atoms with Crippen molar-refractivity contribution in [3.8, 4) is 0 Å². The van der Waals surface area contributed by atoms with Gasteiger partial charge in [-0.15, -0.1) is 0 Å². The van der Waals surface area contributed by atoms with E-state index in [1.54, 1.807) is 32.4 Å². The van der Waals surface area contributed by atoms with E-state index in [-0.39, 0.29) is 6.04 Å². The normalized spacial score (nSPS) is 13.6. The lowest BCUT2D eigenvalue weighted by molar-refractivity contribution is -0.109. The van der Waals surface area contributed by atoms with E-state index in [0.29, 0.717) is 4.90 Å². The minimum absolute atomic E-state index is 0.108. The zero-order chi connectivity index (χ0) is 14.6. The second kappa shape index (κ2) is 6.36. The average molecular weight is 287 g/mol. The predicted octanol–water partition coefficient (Wildman–Crippen LogP) is 1.82. The zero-order valence-corrected chi connectivity index (χ0v) is 12.7. The monoisotopic (exact) mass is 287 g/mol. The number of methoxy groups -OCH3 is 2. The van der Waals surface area contributed by atoms with Crippen molar-refractivity contribution in [2.75, 3.05) is 25.8 Å². The molecule has 0 aliphatic carbocycles. The molecule has 0 spiro atoms. The Morgan fingerprint density at radius 3 is 2.26 bits per heavy atom. The van der Waals surface area contributed by atoms with Crippen LogP contribution in [-0.4, -0.2) is 41.2 Å². The van der Waals surface area contributed by atoms with E-state index < -0.39 is 16.1 Å². The highest BCUT2D eigenvalue weighted by Gasteiger charge is 2.17. The van der Waals surface area contributed by atoms with Crippen molar-refractivity contribution < 1.29 is 17.9 Å². The largest absolute Gasteiger partial charge is 0.377 e. The van der Waals surface area contributed by atoms with Crippen molar-refractivity contribution >= 4 is 15.5 Å². The number of benzene rings is 1. The van der Waals surface area contributed by atoms with Gasteiger partial charge in [-0.2, -0.15) is 0 Å². The summed E-state index contributed by atoms with van der Waals surface area (Å²) in [6.07, 6.45) is 0.791. The molecule has 0 aliphatic rings. The van der Waals surface area contributed by atoms with Gasteiger partial charge in [0.25, 0.3) is 0 Å². The Hall–Kier alpha value is -1.11. The number of nitrogens with one attached hydrogen (secondary N) is 1. The van der Waals surface area contributed by atoms with Gasteiger partial charge < -0.3 is 14.8 Å². The number of hydrogen-bond acceptors (Lipinski definition) is 5. The molecule has 0 aromatic heterocycles. The lowest BCUT2D eigenvalue weighted by Gasteiger charge is -2.24. The van der Waals surface area contributed by atoms with Crippen molar-refractivity contribution in [2.24, 2.45) is 0 Å². The molecule has 0 bridgehead atoms. The summed E-state index contributed by atoms with van der Waals surface area (Å²) in [5.74, 6) is 0. The van der Waals surface area contributed by atoms with Gasteiger partial charge in [0.15, 0.2) is 16.1 Å². The maximum absolute atomic E-state index is 11.6. The Morgan fingerprint density at radius 2 is 1.79 bits per heavy atom. The first-order valence-corrected chi connectivity index (χ1v) is 7.81. The van der Waals surface area contributed by atoms with Crippen molar-refractivity contribution in [1.29, 1.82) is 0 Å². The third kappa shape index (κ3) is 4.19. The van der Waals surface area contributed by atoms with Crippen LogP contribution in [0.2, 0.25) is 0 Å². The molecule has 0 amide bonds. The molecule has 1 aromatic rings. The first kappa shape index (κ1) is 15.9. The highest BCUT2D eigenvalue weighted by molar-refractivity contribution is 7.90. The highest BCUT2D eigenvalue weighted by Crippen LogP contribution is 2.21. The van der Waals surface area contributed by atoms with Crippen molar-refractivity contribution in [3.63, 3.8) is 0 Å². The number of rotatable bonds is 6. The van der Waals surface area contributed by atoms with Gasteiger partial charge in [0.1, 0.15) is 0 Å². The fourth-order valence-corrected chi connectivity index (χ4v) is 2.45. The number of hydrogen-bond donors (Lipinski definition) is 1. The molecule has 1 atom stereocenters. The Bertz CT molecular complexity index is 523. The molecular weight excluding hydrogens is 266 g/mol. The molecule has 5 nitrogen and oxygen atoms in total. The van der Waals surface area contributed by atoms with E-state index in [2.05, 4.69) is 5.32 Å². The molecular formula is C13H21NO4S. The summed E-state index contributed by atoms with van der Waals surface area (Å²) >= 11 is 0. The summed E-state index contributed by atoms with van der Waals surface area (Å²) in [5.41, 5.74) is 1.72. The molecule has 1 unspecified atom stereocenters. The van der Waals surface area contributed by atoms with Crippen LogP contribution in [0.5, 0.6) is 0 Å². The molecule has 19 heavy (non-hydrogen) atoms. The molecule has 0 saturated carbocycles. The van der Waals surface area contributed by atoms with Crippen molar-refractivity contribution in [1.82, 2.24) is 0 Å². The minimum atomic E-state index is -3.21. The topological polar surface area (TPSA) is 64.6 Å². The van der Waals surface area contributed by atoms with Crippen LogP contribution in [0.4, 0.5) is 5.69 Å². The molecule has 1 N–H and O–H groups in total. The lowest BCUT2D eigenvalue weighted by atomic mass is 10.2. The van der Waals surface area contributed by atoms with Gasteiger partial charge in [-0.3, -0.25) is 0 Å². The maximum Gasteiger partial charge on any atom is 0.176 e. The van der Waals surface area contributed by atoms with Crippen molar-refractivity contribution in [2.45, 2.75) is 31.1 Å². The van der Waals surface area contributed by atoms with Gasteiger partial charge in [-0.1, -0.05) is 6.07 Å². The van der Waals surface area contributed by atoms with Crippen LogP contribution >= 0.6 is 0 Å². The number of anilines is 1. The standard InChI is InChI=1S/C13H21NO4S/c1-9-6-7-11(19(5,15)16)8-12(9)14-10(2)13(17-3)18-4/h6-8,10,13-14H,1-5H3. The number of sulfone groups is 1. The Kier molecular flexibility index (Phi) is 5.34. The molecule has 0 radical (unpaired) electrons. The van der Waals surface area contributed by atoms with Gasteiger partial charge in [0.05, 0.1) is 10.9 Å². The van der Waals surface area contributed by atoms with E-state index in [9.17, 15) is 8.42 Å². The summed E-state index contributed by atoms with van der Waals surface area (Å²) in [6, 6.07) is 4.90. The molecule has 0 heterocycles. The van der Waals surface area contributed by atoms with Crippen LogP contribution < -0.4 is 5.32 Å². The molecule has 1 rings (SSSR count). The van der Waals surface area contributed by atoms with E-state index in [4.69, 9.17) is 9.47 Å². The average Bonchev–Trinajstić information content (AvgIpc) is 2.32. The van der Waals surface area contributed by atoms with Crippen LogP contribution in [-0.2, 0) is 19.3 Å². The highest BCUT2D eigenvalue weighted by atomic mass is 32.2. The van der Waals surface area contributed by atoms with Gasteiger partial charge >= 0.3 is 0 Å². The first-order valence-electron chi connectivity index (χ1n) is 5.92. The van der Waals surface area contributed by atoms with Gasteiger partial charge in [-0.25, -0.2) is 8.42 Å². The third-order valence-corrected chi connectivity index (χ3v) is 4.00. The SMILES string of the molecule is COC(OC)C(C)Nc1cc(S(C)(=O)=O)ccc1C. The summed E-state index contributed by atoms with van der Waals surface area (Å²) < 4.78 is 33.4. The van der Waals surface area contributed by atoms with E-state index in [1.807, 2.05) is 13.8 Å². The third-order valence-electron chi connectivity index (χ3n) is 2.89. The number of ether oxygens (including phenoxy) is 2. The zero-order valence-electron chi connectivity index (χ0n) is 11.9. The van der Waals surface area contributed by atoms with E-state index in [0.717, 1.165) is 11.3 Å². The smallest absolute Gasteiger partial charge is 0.176 e. The Labute approximate surface area is 114 Å². The fraction of sp³-hybridized carbons (Fsp3) is 0.538. The molecule has 0 saturated heterocycles. The number of aryl methyl sites for hydroxylation is 1. The van der Waals surface area contributed by atoms with Crippen LogP contribution in [0.1, 0.15) is 12.5 Å². The quantitative estimate of drug-likeness (QED) is 0.809. The van der Waals surface area contributed by atoms with Crippen LogP contribution in [0.3, 0.4) is 0 Å². The second-order valence-electron chi connectivity index (χ2n) is 4.52. The maximum atomic E-state index is 11.6. The molecule has 0 fully saturated rings. The summed E-state index contributed by atoms with van der Waals surface area (Å²) in [7, 11) is -0.0885. The lowest BCUT2D eigenvalue weighted by Crippen LogP contribution is -2.34. The van der Waals surface area contributed by atoms with Crippen LogP contribution in [0, 0.1) is 6.92 Å². The first-order chi connectivity index (χ1) is 8.79. The Morgan fingerprint density at radius 1 is 1.21 bits per heavy atom. The van der Waals surface area contributed by atoms with Crippen molar-refractivity contribution in [3.05, 3.63) is 23.8 Å². The summed E-state index contributed by atoms with van der Waals surface area (Å²) in [6.45, 7) is 3.82. The molecule has 108 valence electrons. The second-order valence-corrected chi connectivity index (χ2v) is 6.54. The van der Waals surface area contributed by atoms with E-state index in [1.165, 1.54) is 6.26 Å². The Balaban J connectivity index is 3.01. The molecule has 6 heteroatoms. The minimum Gasteiger partial charge on any atom is -0.377 e. The summed E-state index contributed by atoms with van der Waals surface area (Å²) in [4.78, 5) is 0.291. The van der Waals surface area contributed by atoms with Gasteiger partial charge in [-0.05, 0) is 31.5 Å². The molecule has 1 aromatic carbocycles. The van der Waals surface area contributed by atoms with Crippen LogP contribution in [0.25, 0.3) is 0 Å². The fourth-order valence-electron chi connectivity index (χ4n) is 1.81. The summed E-state index contributed by atoms with van der Waals surface area (Å²) in [5, 5.41) is 3.21. The molecule has 0 aliphatic heterocycles. The van der Waals surface area contributed by atoms with Gasteiger partial charge in [0, 0.05) is 26.2 Å². The predicted molar refractivity (Wildman–Crippen MR) is 75.2 cm³/mol.